The third-order valence-electron chi connectivity index (χ3n) is 4.05. The van der Waals surface area contributed by atoms with Gasteiger partial charge in [0.15, 0.2) is 0 Å². The molecule has 2 rings (SSSR count). The predicted octanol–water partition coefficient (Wildman–Crippen LogP) is 7.22. The van der Waals surface area contributed by atoms with Crippen LogP contribution in [-0.4, -0.2) is 41.0 Å². The van der Waals surface area contributed by atoms with Crippen molar-refractivity contribution in [2.75, 3.05) is 5.32 Å². The highest BCUT2D eigenvalue weighted by Gasteiger charge is 2.21. The van der Waals surface area contributed by atoms with Gasteiger partial charge in [0.2, 0.25) is 5.96 Å². The Hall–Kier alpha value is -3.73. The number of benzene rings is 2. The lowest BCUT2D eigenvalue weighted by Gasteiger charge is -2.22. The Kier molecular flexibility index (Phi) is 10.4. The van der Waals surface area contributed by atoms with Gasteiger partial charge in [0, 0.05) is 15.5 Å². The second-order valence-electron chi connectivity index (χ2n) is 11.5. The molecule has 0 radical (unpaired) electrons. The average Bonchev–Trinajstić information content (AvgIpc) is 2.72. The number of hydrogen-bond donors (Lipinski definition) is 3. The molecule has 0 spiro atoms. The number of amides is 3. The van der Waals surface area contributed by atoms with Crippen molar-refractivity contribution < 1.29 is 28.6 Å². The molecule has 3 amide bonds. The second-order valence-corrected chi connectivity index (χ2v) is 12.6. The molecule has 0 atom stereocenters. The fraction of sp³-hybridized carbons (Fsp3) is 0.429. The van der Waals surface area contributed by atoms with Crippen molar-refractivity contribution in [3.05, 3.63) is 48.5 Å². The minimum absolute atomic E-state index is 0.132. The zero-order chi connectivity index (χ0) is 29.4. The summed E-state index contributed by atoms with van der Waals surface area (Å²) >= 11 is 1.51. The first-order valence-corrected chi connectivity index (χ1v) is 13.2. The van der Waals surface area contributed by atoms with Gasteiger partial charge in [-0.15, -0.1) is 0 Å². The van der Waals surface area contributed by atoms with Gasteiger partial charge in [-0.2, -0.15) is 0 Å². The average molecular weight is 559 g/mol. The molecular weight excluding hydrogens is 520 g/mol. The number of rotatable bonds is 4. The zero-order valence-corrected chi connectivity index (χ0v) is 24.7. The molecule has 0 aliphatic heterocycles. The van der Waals surface area contributed by atoms with Crippen LogP contribution in [0.4, 0.5) is 25.8 Å². The number of anilines is 1. The summed E-state index contributed by atoms with van der Waals surface area (Å²) in [6.45, 7) is 15.8. The normalized spacial score (nSPS) is 11.6. The van der Waals surface area contributed by atoms with Gasteiger partial charge in [-0.3, -0.25) is 16.0 Å². The first kappa shape index (κ1) is 31.5. The molecule has 10 nitrogen and oxygen atoms in total. The quantitative estimate of drug-likeness (QED) is 0.205. The fourth-order valence-electron chi connectivity index (χ4n) is 2.77. The number of carbonyl (C=O) groups excluding carboxylic acids is 3. The van der Waals surface area contributed by atoms with Crippen LogP contribution < -0.4 is 16.0 Å². The Bertz CT molecular complexity index is 1140. The lowest BCUT2D eigenvalue weighted by Crippen LogP contribution is -2.47. The third kappa shape index (κ3) is 13.6. The van der Waals surface area contributed by atoms with E-state index in [0.29, 0.717) is 11.4 Å². The van der Waals surface area contributed by atoms with E-state index in [1.165, 1.54) is 11.8 Å². The smallest absolute Gasteiger partial charge is 0.414 e. The molecule has 0 bridgehead atoms. The van der Waals surface area contributed by atoms with Crippen LogP contribution in [-0.2, 0) is 14.2 Å². The van der Waals surface area contributed by atoms with Crippen molar-refractivity contribution in [1.29, 1.82) is 0 Å². The van der Waals surface area contributed by atoms with E-state index >= 15 is 0 Å². The lowest BCUT2D eigenvalue weighted by molar-refractivity contribution is 0.0542. The van der Waals surface area contributed by atoms with Gasteiger partial charge in [-0.1, -0.05) is 11.8 Å². The summed E-state index contributed by atoms with van der Waals surface area (Å²) in [5, 5.41) is 7.62. The standard InChI is InChI=1S/C28H38N4O6S/c1-26(2,3)36-23(33)30-19-12-16-21(17-13-19)39-20-14-10-18(11-15-20)29-22(31-24(34)37-27(4,5)6)32-25(35)38-28(7,8)9/h10-17H,1-9H3,(H,30,33)(H2,29,31,32,34,35). The number of guanidine groups is 1. The SMILES string of the molecule is CC(C)(C)OC(=O)NC(=Nc1ccc(Sc2ccc(NC(=O)OC(C)(C)C)cc2)cc1)NC(=O)OC(C)(C)C. The van der Waals surface area contributed by atoms with Crippen LogP contribution in [0.2, 0.25) is 0 Å². The van der Waals surface area contributed by atoms with Crippen molar-refractivity contribution in [2.45, 2.75) is 88.9 Å². The first-order chi connectivity index (χ1) is 17.9. The molecule has 0 aromatic heterocycles. The number of ether oxygens (including phenoxy) is 3. The number of nitrogens with one attached hydrogen (secondary N) is 3. The molecule has 0 heterocycles. The van der Waals surface area contributed by atoms with Crippen LogP contribution in [0.25, 0.3) is 0 Å². The minimum Gasteiger partial charge on any atom is -0.444 e. The lowest BCUT2D eigenvalue weighted by atomic mass is 10.2. The van der Waals surface area contributed by atoms with Gasteiger partial charge in [0.25, 0.3) is 0 Å². The van der Waals surface area contributed by atoms with Crippen molar-refractivity contribution in [3.63, 3.8) is 0 Å². The number of carbonyl (C=O) groups is 3. The number of aliphatic imine (C=N–C) groups is 1. The molecule has 39 heavy (non-hydrogen) atoms. The summed E-state index contributed by atoms with van der Waals surface area (Å²) in [5.41, 5.74) is -0.929. The second kappa shape index (κ2) is 12.9. The van der Waals surface area contributed by atoms with Gasteiger partial charge in [-0.05, 0) is 111 Å². The van der Waals surface area contributed by atoms with Gasteiger partial charge in [0.1, 0.15) is 16.8 Å². The largest absolute Gasteiger partial charge is 0.444 e. The molecule has 0 aliphatic carbocycles. The van der Waals surface area contributed by atoms with E-state index in [4.69, 9.17) is 14.2 Å². The topological polar surface area (TPSA) is 127 Å². The Labute approximate surface area is 234 Å². The molecular formula is C28H38N4O6S. The summed E-state index contributed by atoms with van der Waals surface area (Å²) < 4.78 is 15.8. The van der Waals surface area contributed by atoms with Crippen LogP contribution in [0.3, 0.4) is 0 Å². The zero-order valence-electron chi connectivity index (χ0n) is 23.9. The third-order valence-corrected chi connectivity index (χ3v) is 5.07. The van der Waals surface area contributed by atoms with E-state index in [0.717, 1.165) is 9.79 Å². The molecule has 0 fully saturated rings. The van der Waals surface area contributed by atoms with Gasteiger partial charge in [0.05, 0.1) is 5.69 Å². The van der Waals surface area contributed by atoms with Crippen LogP contribution in [0.1, 0.15) is 62.3 Å². The predicted molar refractivity (Wildman–Crippen MR) is 153 cm³/mol. The van der Waals surface area contributed by atoms with Crippen LogP contribution in [0, 0.1) is 0 Å². The number of nitrogens with zero attached hydrogens (tertiary/aromatic N) is 1. The molecule has 3 N–H and O–H groups in total. The fourth-order valence-corrected chi connectivity index (χ4v) is 3.59. The summed E-state index contributed by atoms with van der Waals surface area (Å²) in [6.07, 6.45) is -2.05. The Morgan fingerprint density at radius 1 is 0.615 bits per heavy atom. The summed E-state index contributed by atoms with van der Waals surface area (Å²) in [5.74, 6) is -0.132. The maximum atomic E-state index is 12.3. The molecule has 0 aliphatic rings. The molecule has 0 unspecified atom stereocenters. The molecule has 0 saturated carbocycles. The number of hydrogen-bond acceptors (Lipinski definition) is 8. The van der Waals surface area contributed by atoms with E-state index in [1.807, 2.05) is 24.3 Å². The van der Waals surface area contributed by atoms with Crippen LogP contribution in [0.15, 0.2) is 63.3 Å². The Morgan fingerprint density at radius 2 is 1.00 bits per heavy atom. The van der Waals surface area contributed by atoms with E-state index in [2.05, 4.69) is 20.9 Å². The molecule has 2 aromatic carbocycles. The monoisotopic (exact) mass is 558 g/mol. The maximum absolute atomic E-state index is 12.3. The maximum Gasteiger partial charge on any atom is 0.414 e. The molecule has 0 saturated heterocycles. The van der Waals surface area contributed by atoms with Gasteiger partial charge in [-0.25, -0.2) is 19.4 Å². The van der Waals surface area contributed by atoms with Crippen molar-refractivity contribution in [1.82, 2.24) is 10.6 Å². The highest BCUT2D eigenvalue weighted by molar-refractivity contribution is 7.99. The highest BCUT2D eigenvalue weighted by atomic mass is 32.2. The highest BCUT2D eigenvalue weighted by Crippen LogP contribution is 2.30. The van der Waals surface area contributed by atoms with Gasteiger partial charge < -0.3 is 14.2 Å². The van der Waals surface area contributed by atoms with Crippen molar-refractivity contribution >= 4 is 47.4 Å². The number of alkyl carbamates (subject to hydrolysis) is 2. The van der Waals surface area contributed by atoms with E-state index in [1.54, 1.807) is 86.6 Å². The van der Waals surface area contributed by atoms with Crippen LogP contribution >= 0.6 is 11.8 Å². The molecule has 11 heteroatoms. The summed E-state index contributed by atoms with van der Waals surface area (Å²) in [6, 6.07) is 14.6. The first-order valence-electron chi connectivity index (χ1n) is 12.3. The Morgan fingerprint density at radius 3 is 1.41 bits per heavy atom. The molecule has 2 aromatic rings. The van der Waals surface area contributed by atoms with Crippen LogP contribution in [0.5, 0.6) is 0 Å². The van der Waals surface area contributed by atoms with Crippen molar-refractivity contribution in [3.8, 4) is 0 Å². The summed E-state index contributed by atoms with van der Waals surface area (Å²) in [7, 11) is 0. The minimum atomic E-state index is -0.769. The van der Waals surface area contributed by atoms with E-state index in [9.17, 15) is 14.4 Å². The van der Waals surface area contributed by atoms with Crippen molar-refractivity contribution in [2.24, 2.45) is 4.99 Å². The van der Waals surface area contributed by atoms with E-state index in [-0.39, 0.29) is 5.96 Å². The van der Waals surface area contributed by atoms with Gasteiger partial charge >= 0.3 is 18.3 Å². The molecule has 212 valence electrons. The van der Waals surface area contributed by atoms with E-state index < -0.39 is 35.1 Å². The summed E-state index contributed by atoms with van der Waals surface area (Å²) in [4.78, 5) is 42.8. The Balaban J connectivity index is 2.10.